The Bertz CT molecular complexity index is 974. The summed E-state index contributed by atoms with van der Waals surface area (Å²) in [6.45, 7) is 3.44. The van der Waals surface area contributed by atoms with Gasteiger partial charge in [0.15, 0.2) is 5.13 Å². The highest BCUT2D eigenvalue weighted by Crippen LogP contribution is 2.33. The molecule has 0 N–H and O–H groups in total. The summed E-state index contributed by atoms with van der Waals surface area (Å²) < 4.78 is 0.978. The van der Waals surface area contributed by atoms with Crippen molar-refractivity contribution in [2.45, 2.75) is 13.3 Å². The molecule has 0 aliphatic rings. The summed E-state index contributed by atoms with van der Waals surface area (Å²) in [5, 5.41) is 1.90. The Morgan fingerprint density at radius 2 is 1.86 bits per heavy atom. The van der Waals surface area contributed by atoms with E-state index in [9.17, 15) is 4.79 Å². The minimum atomic E-state index is -0.0981. The number of nitrogens with zero attached hydrogens (tertiary/aromatic N) is 3. The number of hydrogen-bond acceptors (Lipinski definition) is 4. The molecule has 3 rings (SSSR count). The number of carbonyl (C=O) groups is 1. The van der Waals surface area contributed by atoms with E-state index in [-0.39, 0.29) is 18.3 Å². The van der Waals surface area contributed by atoms with Crippen LogP contribution in [0.5, 0.6) is 0 Å². The first-order valence-electron chi connectivity index (χ1n) is 8.64. The van der Waals surface area contributed by atoms with Crippen molar-refractivity contribution in [3.63, 3.8) is 0 Å². The Balaban J connectivity index is 0.00000280. The van der Waals surface area contributed by atoms with Gasteiger partial charge in [-0.25, -0.2) is 4.98 Å². The fraction of sp³-hybridized carbons (Fsp3) is 0.300. The van der Waals surface area contributed by atoms with Crippen molar-refractivity contribution in [3.8, 4) is 0 Å². The van der Waals surface area contributed by atoms with Crippen molar-refractivity contribution in [3.05, 3.63) is 57.6 Å². The van der Waals surface area contributed by atoms with Gasteiger partial charge in [0.2, 0.25) is 0 Å². The second-order valence-electron chi connectivity index (χ2n) is 6.69. The van der Waals surface area contributed by atoms with Gasteiger partial charge in [-0.3, -0.25) is 9.69 Å². The third-order valence-electron chi connectivity index (χ3n) is 4.17. The van der Waals surface area contributed by atoms with Crippen molar-refractivity contribution < 1.29 is 4.79 Å². The van der Waals surface area contributed by atoms with Crippen LogP contribution in [0.3, 0.4) is 0 Å². The molecular weight excluding hydrogens is 437 g/mol. The van der Waals surface area contributed by atoms with Crippen LogP contribution in [0.2, 0.25) is 10.0 Å². The normalized spacial score (nSPS) is 10.9. The number of benzene rings is 2. The minimum absolute atomic E-state index is 0. The monoisotopic (exact) mass is 457 g/mol. The summed E-state index contributed by atoms with van der Waals surface area (Å²) in [6, 6.07) is 10.8. The number of fused-ring (bicyclic) bond motifs is 1. The summed E-state index contributed by atoms with van der Waals surface area (Å²) in [5.41, 5.74) is 2.45. The average Bonchev–Trinajstić information content (AvgIpc) is 3.02. The summed E-state index contributed by atoms with van der Waals surface area (Å²) in [6.07, 6.45) is 0.842. The lowest BCUT2D eigenvalue weighted by Gasteiger charge is -2.21. The van der Waals surface area contributed by atoms with Crippen LogP contribution >= 0.6 is 46.9 Å². The Hall–Kier alpha value is -1.37. The van der Waals surface area contributed by atoms with E-state index >= 15 is 0 Å². The van der Waals surface area contributed by atoms with Gasteiger partial charge in [0.05, 0.1) is 10.2 Å². The molecule has 0 spiro atoms. The lowest BCUT2D eigenvalue weighted by molar-refractivity contribution is 0.0986. The number of carbonyl (C=O) groups excluding carboxylic acids is 1. The first-order chi connectivity index (χ1) is 12.8. The number of rotatable bonds is 6. The zero-order valence-electron chi connectivity index (χ0n) is 15.9. The largest absolute Gasteiger partial charge is 0.309 e. The molecule has 1 heterocycles. The summed E-state index contributed by atoms with van der Waals surface area (Å²) in [5.74, 6) is -0.0981. The van der Waals surface area contributed by atoms with E-state index in [4.69, 9.17) is 28.2 Å². The van der Waals surface area contributed by atoms with Crippen LogP contribution in [-0.4, -0.2) is 43.0 Å². The fourth-order valence-corrected chi connectivity index (χ4v) is 4.50. The number of hydrogen-bond donors (Lipinski definition) is 0. The van der Waals surface area contributed by atoms with Crippen LogP contribution in [0, 0.1) is 6.92 Å². The van der Waals surface area contributed by atoms with Gasteiger partial charge in [0.25, 0.3) is 5.91 Å². The Labute approximate surface area is 185 Å². The molecule has 0 aliphatic heterocycles. The van der Waals surface area contributed by atoms with Crippen LogP contribution in [-0.2, 0) is 0 Å². The van der Waals surface area contributed by atoms with Gasteiger partial charge in [-0.1, -0.05) is 40.6 Å². The van der Waals surface area contributed by atoms with Gasteiger partial charge in [0.1, 0.15) is 0 Å². The summed E-state index contributed by atoms with van der Waals surface area (Å²) in [4.78, 5) is 21.8. The third-order valence-corrected chi connectivity index (χ3v) is 5.65. The van der Waals surface area contributed by atoms with E-state index in [0.29, 0.717) is 27.3 Å². The molecule has 4 nitrogen and oxygen atoms in total. The molecule has 2 aromatic carbocycles. The summed E-state index contributed by atoms with van der Waals surface area (Å²) in [7, 11) is 4.04. The Kier molecular flexibility index (Phi) is 8.10. The van der Waals surface area contributed by atoms with Gasteiger partial charge >= 0.3 is 0 Å². The second kappa shape index (κ2) is 9.90. The highest BCUT2D eigenvalue weighted by atomic mass is 35.5. The summed E-state index contributed by atoms with van der Waals surface area (Å²) >= 11 is 13.8. The van der Waals surface area contributed by atoms with Crippen LogP contribution < -0.4 is 4.90 Å². The zero-order chi connectivity index (χ0) is 19.6. The quantitative estimate of drug-likeness (QED) is 0.459. The van der Waals surface area contributed by atoms with E-state index in [1.165, 1.54) is 11.3 Å². The van der Waals surface area contributed by atoms with Gasteiger partial charge in [0, 0.05) is 22.2 Å². The number of amides is 1. The topological polar surface area (TPSA) is 36.4 Å². The minimum Gasteiger partial charge on any atom is -0.309 e. The third kappa shape index (κ3) is 5.37. The number of anilines is 1. The van der Waals surface area contributed by atoms with Crippen molar-refractivity contribution >= 4 is 68.2 Å². The molecule has 8 heteroatoms. The molecule has 28 heavy (non-hydrogen) atoms. The maximum absolute atomic E-state index is 13.2. The molecule has 1 amide bonds. The van der Waals surface area contributed by atoms with Crippen molar-refractivity contribution in [1.82, 2.24) is 9.88 Å². The molecule has 0 unspecified atom stereocenters. The lowest BCUT2D eigenvalue weighted by Crippen LogP contribution is -2.33. The standard InChI is InChI=1S/C20H21Cl2N3OS.ClH/c1-13-10-16(22)12-17-18(13)23-20(27-17)25(9-5-8-24(2)3)19(26)14-6-4-7-15(21)11-14;/h4,6-7,10-12H,5,8-9H2,1-3H3;1H. The van der Waals surface area contributed by atoms with E-state index in [2.05, 4.69) is 4.90 Å². The first-order valence-corrected chi connectivity index (χ1v) is 10.2. The molecule has 0 saturated carbocycles. The molecule has 150 valence electrons. The molecule has 0 atom stereocenters. The van der Waals surface area contributed by atoms with E-state index in [1.807, 2.05) is 33.2 Å². The smallest absolute Gasteiger partial charge is 0.260 e. The predicted molar refractivity (Wildman–Crippen MR) is 123 cm³/mol. The maximum Gasteiger partial charge on any atom is 0.260 e. The average molecular weight is 459 g/mol. The van der Waals surface area contributed by atoms with Gasteiger partial charge in [-0.05, 0) is 69.9 Å². The van der Waals surface area contributed by atoms with Crippen LogP contribution in [0.25, 0.3) is 10.2 Å². The second-order valence-corrected chi connectivity index (χ2v) is 8.57. The van der Waals surface area contributed by atoms with E-state index < -0.39 is 0 Å². The van der Waals surface area contributed by atoms with Crippen molar-refractivity contribution in [2.75, 3.05) is 32.1 Å². The SMILES string of the molecule is Cc1cc(Cl)cc2sc(N(CCCN(C)C)C(=O)c3cccc(Cl)c3)nc12.Cl. The number of aryl methyl sites for hydroxylation is 1. The molecule has 0 saturated heterocycles. The predicted octanol–water partition coefficient (Wildman–Crippen LogP) is 5.93. The molecule has 3 aromatic rings. The van der Waals surface area contributed by atoms with Crippen LogP contribution in [0.1, 0.15) is 22.3 Å². The Morgan fingerprint density at radius 1 is 1.11 bits per heavy atom. The highest BCUT2D eigenvalue weighted by molar-refractivity contribution is 7.22. The van der Waals surface area contributed by atoms with Gasteiger partial charge < -0.3 is 4.90 Å². The Morgan fingerprint density at radius 3 is 2.54 bits per heavy atom. The van der Waals surface area contributed by atoms with Crippen LogP contribution in [0.4, 0.5) is 5.13 Å². The highest BCUT2D eigenvalue weighted by Gasteiger charge is 2.22. The fourth-order valence-electron chi connectivity index (χ4n) is 2.86. The van der Waals surface area contributed by atoms with Crippen molar-refractivity contribution in [2.24, 2.45) is 0 Å². The van der Waals surface area contributed by atoms with Gasteiger partial charge in [-0.2, -0.15) is 0 Å². The number of halogens is 3. The van der Waals surface area contributed by atoms with Crippen LogP contribution in [0.15, 0.2) is 36.4 Å². The first kappa shape index (κ1) is 22.9. The number of thiazole rings is 1. The van der Waals surface area contributed by atoms with Gasteiger partial charge in [-0.15, -0.1) is 12.4 Å². The number of aromatic nitrogens is 1. The molecule has 0 aliphatic carbocycles. The van der Waals surface area contributed by atoms with E-state index in [0.717, 1.165) is 28.7 Å². The maximum atomic E-state index is 13.2. The van der Waals surface area contributed by atoms with Crippen molar-refractivity contribution in [1.29, 1.82) is 0 Å². The lowest BCUT2D eigenvalue weighted by atomic mass is 10.2. The molecule has 1 aromatic heterocycles. The molecule has 0 radical (unpaired) electrons. The van der Waals surface area contributed by atoms with E-state index in [1.54, 1.807) is 29.2 Å². The molecule has 0 fully saturated rings. The molecular formula is C20H22Cl3N3OS. The zero-order valence-corrected chi connectivity index (χ0v) is 19.1. The molecule has 0 bridgehead atoms.